The van der Waals surface area contributed by atoms with Gasteiger partial charge in [-0.05, 0) is 0 Å². The lowest BCUT2D eigenvalue weighted by Crippen LogP contribution is -2.57. The van der Waals surface area contributed by atoms with Crippen molar-refractivity contribution in [1.29, 1.82) is 0 Å². The van der Waals surface area contributed by atoms with E-state index in [1.165, 1.54) is 0 Å². The van der Waals surface area contributed by atoms with Gasteiger partial charge in [-0.1, -0.05) is 0 Å². The Bertz CT molecular complexity index is 128. The van der Waals surface area contributed by atoms with Crippen LogP contribution < -0.4 is 10.6 Å². The number of piperazine rings is 1. The number of hydrogen-bond acceptors (Lipinski definition) is 4. The number of nitrogens with one attached hydrogen (secondary N) is 2. The van der Waals surface area contributed by atoms with Crippen LogP contribution in [0.4, 0.5) is 0 Å². The lowest BCUT2D eigenvalue weighted by atomic mass is 10.2. The first-order valence-electron chi connectivity index (χ1n) is 3.78. The van der Waals surface area contributed by atoms with Gasteiger partial charge in [0.25, 0.3) is 0 Å². The summed E-state index contributed by atoms with van der Waals surface area (Å²) < 4.78 is 4.96. The Labute approximate surface area is 66.3 Å². The Morgan fingerprint density at radius 1 is 1.64 bits per heavy atom. The zero-order chi connectivity index (χ0) is 8.10. The predicted molar refractivity (Wildman–Crippen MR) is 41.5 cm³/mol. The highest BCUT2D eigenvalue weighted by atomic mass is 16.5. The van der Waals surface area contributed by atoms with Crippen molar-refractivity contribution in [3.63, 3.8) is 0 Å². The number of carbonyl (C=O) groups is 1. The highest BCUT2D eigenvalue weighted by Crippen LogP contribution is 1.92. The van der Waals surface area contributed by atoms with E-state index in [-0.39, 0.29) is 12.1 Å². The Balaban J connectivity index is 2.27. The van der Waals surface area contributed by atoms with Crippen molar-refractivity contribution in [2.45, 2.75) is 12.1 Å². The van der Waals surface area contributed by atoms with Gasteiger partial charge in [-0.2, -0.15) is 0 Å². The second-order valence-electron chi connectivity index (χ2n) is 2.72. The van der Waals surface area contributed by atoms with Gasteiger partial charge in [-0.25, -0.2) is 0 Å². The second kappa shape index (κ2) is 4.43. The molecule has 11 heavy (non-hydrogen) atoms. The van der Waals surface area contributed by atoms with Crippen LogP contribution >= 0.6 is 0 Å². The number of rotatable bonds is 3. The van der Waals surface area contributed by atoms with Gasteiger partial charge < -0.3 is 20.2 Å². The smallest absolute Gasteiger partial charge is 0.138 e. The molecule has 0 aliphatic carbocycles. The first-order valence-corrected chi connectivity index (χ1v) is 3.78. The van der Waals surface area contributed by atoms with Crippen LogP contribution in [0.3, 0.4) is 0 Å². The molecule has 4 heteroatoms. The van der Waals surface area contributed by atoms with Gasteiger partial charge in [-0.15, -0.1) is 0 Å². The van der Waals surface area contributed by atoms with Crippen molar-refractivity contribution in [1.82, 2.24) is 10.6 Å². The molecule has 2 unspecified atom stereocenters. The third-order valence-corrected chi connectivity index (χ3v) is 1.74. The van der Waals surface area contributed by atoms with Gasteiger partial charge in [0.15, 0.2) is 0 Å². The highest BCUT2D eigenvalue weighted by molar-refractivity contribution is 5.58. The number of methoxy groups -OCH3 is 1. The predicted octanol–water partition coefficient (Wildman–Crippen LogP) is -1.24. The van der Waals surface area contributed by atoms with Crippen molar-refractivity contribution in [3.05, 3.63) is 0 Å². The zero-order valence-electron chi connectivity index (χ0n) is 6.67. The van der Waals surface area contributed by atoms with E-state index in [1.807, 2.05) is 0 Å². The van der Waals surface area contributed by atoms with E-state index in [4.69, 9.17) is 4.74 Å². The van der Waals surface area contributed by atoms with E-state index >= 15 is 0 Å². The maximum absolute atomic E-state index is 10.4. The fourth-order valence-corrected chi connectivity index (χ4v) is 1.23. The number of carbonyl (C=O) groups excluding carboxylic acids is 1. The molecule has 0 radical (unpaired) electrons. The normalized spacial score (nSPS) is 31.7. The SMILES string of the molecule is COCC1CNCC(C=O)N1. The lowest BCUT2D eigenvalue weighted by molar-refractivity contribution is -0.110. The fraction of sp³-hybridized carbons (Fsp3) is 0.857. The van der Waals surface area contributed by atoms with Crippen molar-refractivity contribution < 1.29 is 9.53 Å². The summed E-state index contributed by atoms with van der Waals surface area (Å²) >= 11 is 0. The van der Waals surface area contributed by atoms with E-state index in [0.29, 0.717) is 6.61 Å². The number of ether oxygens (including phenoxy) is 1. The van der Waals surface area contributed by atoms with Crippen LogP contribution in [0.5, 0.6) is 0 Å². The molecule has 0 aromatic heterocycles. The van der Waals surface area contributed by atoms with Crippen LogP contribution in [-0.2, 0) is 9.53 Å². The lowest BCUT2D eigenvalue weighted by Gasteiger charge is -2.28. The van der Waals surface area contributed by atoms with Gasteiger partial charge in [0, 0.05) is 26.2 Å². The summed E-state index contributed by atoms with van der Waals surface area (Å²) in [5.41, 5.74) is 0. The molecule has 1 rings (SSSR count). The summed E-state index contributed by atoms with van der Waals surface area (Å²) in [6, 6.07) is 0.216. The van der Waals surface area contributed by atoms with Gasteiger partial charge in [0.2, 0.25) is 0 Å². The summed E-state index contributed by atoms with van der Waals surface area (Å²) in [5.74, 6) is 0. The summed E-state index contributed by atoms with van der Waals surface area (Å²) in [6.45, 7) is 2.25. The molecule has 1 aliphatic rings. The van der Waals surface area contributed by atoms with E-state index in [1.54, 1.807) is 7.11 Å². The van der Waals surface area contributed by atoms with Crippen molar-refractivity contribution >= 4 is 6.29 Å². The molecule has 0 saturated carbocycles. The molecule has 0 bridgehead atoms. The van der Waals surface area contributed by atoms with Crippen LogP contribution in [0.15, 0.2) is 0 Å². The van der Waals surface area contributed by atoms with E-state index in [0.717, 1.165) is 19.4 Å². The Hall–Kier alpha value is -0.450. The van der Waals surface area contributed by atoms with E-state index < -0.39 is 0 Å². The topological polar surface area (TPSA) is 50.4 Å². The molecule has 1 saturated heterocycles. The van der Waals surface area contributed by atoms with Crippen LogP contribution in [0.25, 0.3) is 0 Å². The summed E-state index contributed by atoms with van der Waals surface area (Å²) in [7, 11) is 1.66. The third-order valence-electron chi connectivity index (χ3n) is 1.74. The van der Waals surface area contributed by atoms with Crippen LogP contribution in [0, 0.1) is 0 Å². The second-order valence-corrected chi connectivity index (χ2v) is 2.72. The minimum atomic E-state index is -0.0519. The molecular weight excluding hydrogens is 144 g/mol. The first-order chi connectivity index (χ1) is 5.36. The van der Waals surface area contributed by atoms with Gasteiger partial charge in [-0.3, -0.25) is 0 Å². The standard InChI is InChI=1S/C7H14N2O2/c1-11-5-7-3-8-2-6(4-10)9-7/h4,6-9H,2-3,5H2,1H3. The molecule has 0 amide bonds. The van der Waals surface area contributed by atoms with Crippen molar-refractivity contribution in [2.75, 3.05) is 26.8 Å². The quantitative estimate of drug-likeness (QED) is 0.504. The van der Waals surface area contributed by atoms with Crippen LogP contribution in [0.2, 0.25) is 0 Å². The Morgan fingerprint density at radius 3 is 3.09 bits per heavy atom. The average molecular weight is 158 g/mol. The molecule has 1 heterocycles. The van der Waals surface area contributed by atoms with Gasteiger partial charge in [0.05, 0.1) is 12.6 Å². The summed E-state index contributed by atoms with van der Waals surface area (Å²) in [6.07, 6.45) is 0.925. The maximum Gasteiger partial charge on any atom is 0.138 e. The number of aldehydes is 1. The summed E-state index contributed by atoms with van der Waals surface area (Å²) in [5, 5.41) is 6.30. The monoisotopic (exact) mass is 158 g/mol. The van der Waals surface area contributed by atoms with Crippen LogP contribution in [0.1, 0.15) is 0 Å². The molecule has 1 aliphatic heterocycles. The highest BCUT2D eigenvalue weighted by Gasteiger charge is 2.18. The van der Waals surface area contributed by atoms with E-state index in [9.17, 15) is 4.79 Å². The third kappa shape index (κ3) is 2.57. The molecule has 0 aromatic rings. The molecule has 64 valence electrons. The molecule has 4 nitrogen and oxygen atoms in total. The first kappa shape index (κ1) is 8.64. The summed E-state index contributed by atoms with van der Waals surface area (Å²) in [4.78, 5) is 10.4. The molecule has 1 fully saturated rings. The van der Waals surface area contributed by atoms with E-state index in [2.05, 4.69) is 10.6 Å². The molecule has 0 aromatic carbocycles. The fourth-order valence-electron chi connectivity index (χ4n) is 1.23. The van der Waals surface area contributed by atoms with Crippen molar-refractivity contribution in [3.8, 4) is 0 Å². The molecule has 2 atom stereocenters. The average Bonchev–Trinajstić information content (AvgIpc) is 2.06. The Morgan fingerprint density at radius 2 is 2.45 bits per heavy atom. The van der Waals surface area contributed by atoms with Crippen molar-refractivity contribution in [2.24, 2.45) is 0 Å². The maximum atomic E-state index is 10.4. The van der Waals surface area contributed by atoms with Gasteiger partial charge in [0.1, 0.15) is 6.29 Å². The zero-order valence-corrected chi connectivity index (χ0v) is 6.67. The van der Waals surface area contributed by atoms with Gasteiger partial charge >= 0.3 is 0 Å². The molecule has 0 spiro atoms. The Kier molecular flexibility index (Phi) is 3.48. The minimum absolute atomic E-state index is 0.0519. The molecular formula is C7H14N2O2. The largest absolute Gasteiger partial charge is 0.383 e. The molecule has 2 N–H and O–H groups in total. The minimum Gasteiger partial charge on any atom is -0.383 e. The number of hydrogen-bond donors (Lipinski definition) is 2. The van der Waals surface area contributed by atoms with Crippen LogP contribution in [-0.4, -0.2) is 45.2 Å².